The second kappa shape index (κ2) is 9.52. The molecule has 0 aliphatic carbocycles. The minimum Gasteiger partial charge on any atom is -0.479 e. The van der Waals surface area contributed by atoms with E-state index in [1.54, 1.807) is 54.0 Å². The van der Waals surface area contributed by atoms with Crippen LogP contribution in [0, 0.1) is 6.92 Å². The van der Waals surface area contributed by atoms with Gasteiger partial charge < -0.3 is 29.9 Å². The molecule has 2 aliphatic rings. The van der Waals surface area contributed by atoms with Gasteiger partial charge in [0.05, 0.1) is 11.4 Å². The second-order valence-corrected chi connectivity index (χ2v) is 9.13. The highest BCUT2D eigenvalue weighted by Crippen LogP contribution is 2.36. The van der Waals surface area contributed by atoms with Gasteiger partial charge in [0.15, 0.2) is 18.2 Å². The summed E-state index contributed by atoms with van der Waals surface area (Å²) < 4.78 is 12.9. The van der Waals surface area contributed by atoms with Crippen molar-refractivity contribution in [3.63, 3.8) is 0 Å². The monoisotopic (exact) mass is 534 g/mol. The van der Waals surface area contributed by atoms with Crippen molar-refractivity contribution < 1.29 is 34.7 Å². The minimum absolute atomic E-state index is 0.196. The highest BCUT2D eigenvalue weighted by molar-refractivity contribution is 6.36. The summed E-state index contributed by atoms with van der Waals surface area (Å²) in [5.41, 5.74) is 2.16. The second-order valence-electron chi connectivity index (χ2n) is 8.28. The summed E-state index contributed by atoms with van der Waals surface area (Å²) in [4.78, 5) is 16.3. The minimum atomic E-state index is -1.87. The van der Waals surface area contributed by atoms with E-state index in [4.69, 9.17) is 37.7 Å². The Morgan fingerprint density at radius 3 is 2.50 bits per heavy atom. The molecule has 6 atom stereocenters. The number of aliphatic imine (C=N–C) groups is 1. The van der Waals surface area contributed by atoms with Gasteiger partial charge in [-0.15, -0.1) is 10.2 Å². The number of aliphatic carboxylic acids is 1. The Labute approximate surface area is 214 Å². The van der Waals surface area contributed by atoms with E-state index < -0.39 is 42.9 Å². The highest BCUT2D eigenvalue weighted by Gasteiger charge is 2.48. The third-order valence-electron chi connectivity index (χ3n) is 5.98. The number of hydrogen-bond acceptors (Lipinski definition) is 9. The lowest BCUT2D eigenvalue weighted by atomic mass is 9.99. The summed E-state index contributed by atoms with van der Waals surface area (Å²) >= 11 is 12.8. The molecule has 13 heteroatoms. The van der Waals surface area contributed by atoms with Crippen molar-refractivity contribution in [2.75, 3.05) is 0 Å². The van der Waals surface area contributed by atoms with Crippen molar-refractivity contribution >= 4 is 34.9 Å². The van der Waals surface area contributed by atoms with Crippen LogP contribution in [0.2, 0.25) is 10.0 Å². The molecule has 36 heavy (non-hydrogen) atoms. The van der Waals surface area contributed by atoms with E-state index in [0.29, 0.717) is 38.4 Å². The molecule has 1 aromatic heterocycles. The van der Waals surface area contributed by atoms with Crippen molar-refractivity contribution in [3.05, 3.63) is 75.3 Å². The summed E-state index contributed by atoms with van der Waals surface area (Å²) in [6.07, 6.45) is -10.3. The van der Waals surface area contributed by atoms with Crippen LogP contribution in [0.1, 0.15) is 29.0 Å². The quantitative estimate of drug-likeness (QED) is 0.390. The van der Waals surface area contributed by atoms with Gasteiger partial charge in [-0.2, -0.15) is 0 Å². The van der Waals surface area contributed by atoms with E-state index in [1.165, 1.54) is 0 Å². The van der Waals surface area contributed by atoms with Crippen LogP contribution < -0.4 is 0 Å². The molecule has 0 saturated carbocycles. The van der Waals surface area contributed by atoms with Gasteiger partial charge in [0.2, 0.25) is 6.23 Å². The van der Waals surface area contributed by atoms with Crippen LogP contribution in [0.5, 0.6) is 0 Å². The van der Waals surface area contributed by atoms with Crippen LogP contribution in [0.15, 0.2) is 47.5 Å². The molecule has 1 fully saturated rings. The zero-order valence-corrected chi connectivity index (χ0v) is 20.1. The molecule has 3 heterocycles. The number of rotatable bonds is 4. The number of nitrogens with zero attached hydrogens (tertiary/aromatic N) is 4. The molecule has 0 amide bonds. The Hall–Kier alpha value is -2.90. The molecule has 0 unspecified atom stereocenters. The standard InChI is InChI=1S/C23H20Cl2N4O7/c1-9-27-28-20-21(36-23-18(32)16(30)17(31)19(35-23)22(33)34)26-15(11-4-2-3-5-13(11)25)12-8-10(24)6-7-14(12)29(9)20/h2-8,16-19,21,23,30-32H,1H3,(H,33,34)/t16-,17-,18+,19-,21-,23-/m0/s1. The Morgan fingerprint density at radius 2 is 1.78 bits per heavy atom. The van der Waals surface area contributed by atoms with Crippen molar-refractivity contribution in [2.24, 2.45) is 4.99 Å². The summed E-state index contributed by atoms with van der Waals surface area (Å²) in [5.74, 6) is -0.854. The van der Waals surface area contributed by atoms with Crippen LogP contribution in [-0.4, -0.2) is 77.6 Å². The van der Waals surface area contributed by atoms with Crippen LogP contribution in [0.4, 0.5) is 0 Å². The normalized spacial score (nSPS) is 27.6. The largest absolute Gasteiger partial charge is 0.479 e. The molecule has 2 aromatic carbocycles. The maximum absolute atomic E-state index is 11.6. The topological polar surface area (TPSA) is 160 Å². The first-order valence-corrected chi connectivity index (χ1v) is 11.6. The fourth-order valence-electron chi connectivity index (χ4n) is 4.22. The average molecular weight is 535 g/mol. The number of fused-ring (bicyclic) bond motifs is 3. The number of carbonyl (C=O) groups is 1. The van der Waals surface area contributed by atoms with Crippen LogP contribution in [-0.2, 0) is 14.3 Å². The van der Waals surface area contributed by atoms with Gasteiger partial charge in [0.1, 0.15) is 24.1 Å². The van der Waals surface area contributed by atoms with Crippen molar-refractivity contribution in [3.8, 4) is 5.69 Å². The summed E-state index contributed by atoms with van der Waals surface area (Å²) in [6.45, 7) is 1.72. The van der Waals surface area contributed by atoms with Gasteiger partial charge in [-0.05, 0) is 31.2 Å². The maximum Gasteiger partial charge on any atom is 0.335 e. The molecule has 3 aromatic rings. The Balaban J connectivity index is 1.66. The number of benzene rings is 2. The predicted molar refractivity (Wildman–Crippen MR) is 126 cm³/mol. The fourth-order valence-corrected chi connectivity index (χ4v) is 4.62. The third kappa shape index (κ3) is 4.18. The average Bonchev–Trinajstić information content (AvgIpc) is 3.17. The van der Waals surface area contributed by atoms with Crippen molar-refractivity contribution in [1.82, 2.24) is 14.8 Å². The molecule has 5 rings (SSSR count). The number of carboxylic acids is 1. The van der Waals surface area contributed by atoms with Crippen molar-refractivity contribution in [2.45, 2.75) is 43.9 Å². The van der Waals surface area contributed by atoms with Gasteiger partial charge in [0.25, 0.3) is 0 Å². The molecular formula is C23H20Cl2N4O7. The molecule has 1 saturated heterocycles. The summed E-state index contributed by atoms with van der Waals surface area (Å²) in [6, 6.07) is 12.2. The smallest absolute Gasteiger partial charge is 0.335 e. The van der Waals surface area contributed by atoms with Gasteiger partial charge in [0, 0.05) is 21.2 Å². The maximum atomic E-state index is 11.6. The Kier molecular flexibility index (Phi) is 6.55. The van der Waals surface area contributed by atoms with E-state index in [9.17, 15) is 25.2 Å². The molecule has 4 N–H and O–H groups in total. The molecule has 0 radical (unpaired) electrons. The lowest BCUT2D eigenvalue weighted by molar-refractivity contribution is -0.305. The van der Waals surface area contributed by atoms with Gasteiger partial charge in [-0.25, -0.2) is 9.79 Å². The van der Waals surface area contributed by atoms with Crippen LogP contribution in [0.25, 0.3) is 5.69 Å². The predicted octanol–water partition coefficient (Wildman–Crippen LogP) is 1.64. The fraction of sp³-hybridized carbons (Fsp3) is 0.304. The van der Waals surface area contributed by atoms with Gasteiger partial charge in [-0.3, -0.25) is 4.57 Å². The Morgan fingerprint density at radius 1 is 1.03 bits per heavy atom. The van der Waals surface area contributed by atoms with Gasteiger partial charge >= 0.3 is 5.97 Å². The van der Waals surface area contributed by atoms with E-state index >= 15 is 0 Å². The lowest BCUT2D eigenvalue weighted by Gasteiger charge is -2.39. The SMILES string of the molecule is Cc1nnc2n1-c1ccc(Cl)cc1C(c1ccccc1Cl)=N[C@H]2O[C@@H]1O[C@H](C(=O)O)[C@@H](O)[C@H](O)[C@H]1O. The van der Waals surface area contributed by atoms with E-state index in [-0.39, 0.29) is 5.82 Å². The zero-order chi connectivity index (χ0) is 25.7. The third-order valence-corrected chi connectivity index (χ3v) is 6.54. The molecule has 11 nitrogen and oxygen atoms in total. The number of aliphatic hydroxyl groups is 3. The lowest BCUT2D eigenvalue weighted by Crippen LogP contribution is -2.60. The molecule has 0 spiro atoms. The summed E-state index contributed by atoms with van der Waals surface area (Å²) in [7, 11) is 0. The first-order valence-electron chi connectivity index (χ1n) is 10.8. The molecule has 0 bridgehead atoms. The number of aliphatic hydroxyl groups excluding tert-OH is 3. The van der Waals surface area contributed by atoms with E-state index in [0.717, 1.165) is 0 Å². The number of aromatic nitrogens is 3. The summed E-state index contributed by atoms with van der Waals surface area (Å²) in [5, 5.41) is 49.3. The van der Waals surface area contributed by atoms with Crippen molar-refractivity contribution in [1.29, 1.82) is 0 Å². The number of aryl methyl sites for hydroxylation is 1. The van der Waals surface area contributed by atoms with Gasteiger partial charge in [-0.1, -0.05) is 41.4 Å². The molecule has 2 aliphatic heterocycles. The van der Waals surface area contributed by atoms with E-state index in [1.807, 2.05) is 0 Å². The number of ether oxygens (including phenoxy) is 2. The zero-order valence-electron chi connectivity index (χ0n) is 18.6. The Bertz CT molecular complexity index is 1360. The first kappa shape index (κ1) is 24.8. The number of hydrogen-bond donors (Lipinski definition) is 4. The van der Waals surface area contributed by atoms with Crippen LogP contribution >= 0.6 is 23.2 Å². The molecule has 188 valence electrons. The van der Waals surface area contributed by atoms with Crippen LogP contribution in [0.3, 0.4) is 0 Å². The number of halogens is 2. The van der Waals surface area contributed by atoms with E-state index in [2.05, 4.69) is 10.2 Å². The highest BCUT2D eigenvalue weighted by atomic mass is 35.5. The molecular weight excluding hydrogens is 515 g/mol. The number of carboxylic acid groups (broad SMARTS) is 1. The first-order chi connectivity index (χ1) is 17.2.